The highest BCUT2D eigenvalue weighted by Crippen LogP contribution is 2.38. The molecule has 2 rings (SSSR count). The van der Waals surface area contributed by atoms with E-state index in [9.17, 15) is 5.11 Å². The number of hydrogen-bond donors (Lipinski definition) is 1. The molecule has 2 nitrogen and oxygen atoms in total. The molecular weight excluding hydrogens is 176 g/mol. The lowest BCUT2D eigenvalue weighted by Gasteiger charge is -2.40. The van der Waals surface area contributed by atoms with E-state index in [0.29, 0.717) is 5.92 Å². The first-order valence-corrected chi connectivity index (χ1v) is 5.98. The Morgan fingerprint density at radius 1 is 1.29 bits per heavy atom. The Morgan fingerprint density at radius 2 is 2.07 bits per heavy atom. The van der Waals surface area contributed by atoms with Gasteiger partial charge in [0.2, 0.25) is 0 Å². The maximum absolute atomic E-state index is 10.4. The molecule has 1 saturated carbocycles. The molecule has 2 unspecified atom stereocenters. The molecule has 1 heterocycles. The van der Waals surface area contributed by atoms with Gasteiger partial charge < -0.3 is 9.84 Å². The monoisotopic (exact) mass is 198 g/mol. The van der Waals surface area contributed by atoms with Crippen molar-refractivity contribution in [2.75, 3.05) is 13.2 Å². The fourth-order valence-corrected chi connectivity index (χ4v) is 2.68. The standard InChI is InChI=1S/C12H22O2/c1-12(13,8-10-4-2-5-10)11-6-3-7-14-9-11/h10-11,13H,2-9H2,1H3. The van der Waals surface area contributed by atoms with Crippen molar-refractivity contribution in [3.63, 3.8) is 0 Å². The minimum absolute atomic E-state index is 0.372. The lowest BCUT2D eigenvalue weighted by Crippen LogP contribution is -2.42. The van der Waals surface area contributed by atoms with Crippen LogP contribution in [0.15, 0.2) is 0 Å². The fraction of sp³-hybridized carbons (Fsp3) is 1.00. The van der Waals surface area contributed by atoms with E-state index in [4.69, 9.17) is 4.74 Å². The fourth-order valence-electron chi connectivity index (χ4n) is 2.68. The second-order valence-corrected chi connectivity index (χ2v) is 5.27. The minimum atomic E-state index is -0.481. The molecule has 0 amide bonds. The van der Waals surface area contributed by atoms with Crippen LogP contribution in [0.1, 0.15) is 45.4 Å². The highest BCUT2D eigenvalue weighted by molar-refractivity contribution is 4.87. The van der Waals surface area contributed by atoms with Gasteiger partial charge in [-0.25, -0.2) is 0 Å². The van der Waals surface area contributed by atoms with Crippen LogP contribution < -0.4 is 0 Å². The summed E-state index contributed by atoms with van der Waals surface area (Å²) in [6.07, 6.45) is 7.25. The number of aliphatic hydroxyl groups is 1. The summed E-state index contributed by atoms with van der Waals surface area (Å²) >= 11 is 0. The first-order valence-electron chi connectivity index (χ1n) is 5.98. The van der Waals surface area contributed by atoms with Gasteiger partial charge in [0.05, 0.1) is 12.2 Å². The van der Waals surface area contributed by atoms with Crippen LogP contribution in [0.5, 0.6) is 0 Å². The molecule has 1 aliphatic carbocycles. The summed E-state index contributed by atoms with van der Waals surface area (Å²) in [5, 5.41) is 10.4. The second-order valence-electron chi connectivity index (χ2n) is 5.27. The smallest absolute Gasteiger partial charge is 0.0672 e. The summed E-state index contributed by atoms with van der Waals surface area (Å²) in [4.78, 5) is 0. The van der Waals surface area contributed by atoms with Gasteiger partial charge in [-0.05, 0) is 32.1 Å². The molecule has 2 atom stereocenters. The maximum atomic E-state index is 10.4. The quantitative estimate of drug-likeness (QED) is 0.754. The van der Waals surface area contributed by atoms with Gasteiger partial charge in [0, 0.05) is 12.5 Å². The van der Waals surface area contributed by atoms with E-state index in [-0.39, 0.29) is 0 Å². The summed E-state index contributed by atoms with van der Waals surface area (Å²) < 4.78 is 5.44. The van der Waals surface area contributed by atoms with Crippen LogP contribution in [0.4, 0.5) is 0 Å². The van der Waals surface area contributed by atoms with E-state index >= 15 is 0 Å². The van der Waals surface area contributed by atoms with Crippen molar-refractivity contribution >= 4 is 0 Å². The van der Waals surface area contributed by atoms with Gasteiger partial charge in [-0.15, -0.1) is 0 Å². The Balaban J connectivity index is 1.84. The van der Waals surface area contributed by atoms with Gasteiger partial charge >= 0.3 is 0 Å². The third kappa shape index (κ3) is 2.29. The van der Waals surface area contributed by atoms with Crippen LogP contribution >= 0.6 is 0 Å². The Bertz CT molecular complexity index is 179. The Kier molecular flexibility index (Phi) is 3.13. The molecule has 1 aliphatic heterocycles. The average molecular weight is 198 g/mol. The molecule has 2 fully saturated rings. The van der Waals surface area contributed by atoms with Crippen LogP contribution in [0, 0.1) is 11.8 Å². The average Bonchev–Trinajstić information content (AvgIpc) is 2.13. The molecular formula is C12H22O2. The topological polar surface area (TPSA) is 29.5 Å². The summed E-state index contributed by atoms with van der Waals surface area (Å²) in [5.41, 5.74) is -0.481. The molecule has 0 aromatic rings. The molecule has 14 heavy (non-hydrogen) atoms. The SMILES string of the molecule is CC(O)(CC1CCC1)C1CCCOC1. The van der Waals surface area contributed by atoms with Crippen molar-refractivity contribution in [3.8, 4) is 0 Å². The van der Waals surface area contributed by atoms with Crippen molar-refractivity contribution in [1.29, 1.82) is 0 Å². The third-order valence-electron chi connectivity index (χ3n) is 3.97. The zero-order valence-electron chi connectivity index (χ0n) is 9.17. The normalized spacial score (nSPS) is 33.4. The van der Waals surface area contributed by atoms with E-state index in [1.807, 2.05) is 6.92 Å². The molecule has 0 bridgehead atoms. The molecule has 1 saturated heterocycles. The lowest BCUT2D eigenvalue weighted by atomic mass is 9.72. The van der Waals surface area contributed by atoms with Crippen LogP contribution in [-0.4, -0.2) is 23.9 Å². The van der Waals surface area contributed by atoms with Crippen molar-refractivity contribution < 1.29 is 9.84 Å². The van der Waals surface area contributed by atoms with Gasteiger partial charge in [-0.2, -0.15) is 0 Å². The summed E-state index contributed by atoms with van der Waals surface area (Å²) in [6.45, 7) is 3.65. The van der Waals surface area contributed by atoms with Crippen LogP contribution in [-0.2, 0) is 4.74 Å². The molecule has 0 spiro atoms. The van der Waals surface area contributed by atoms with Crippen LogP contribution in [0.3, 0.4) is 0 Å². The van der Waals surface area contributed by atoms with Crippen molar-refractivity contribution in [2.24, 2.45) is 11.8 Å². The zero-order chi connectivity index (χ0) is 10.0. The van der Waals surface area contributed by atoms with Gasteiger partial charge in [0.25, 0.3) is 0 Å². The van der Waals surface area contributed by atoms with Crippen LogP contribution in [0.25, 0.3) is 0 Å². The highest BCUT2D eigenvalue weighted by Gasteiger charge is 2.36. The summed E-state index contributed by atoms with van der Waals surface area (Å²) in [7, 11) is 0. The molecule has 2 heteroatoms. The first-order chi connectivity index (χ1) is 6.68. The third-order valence-corrected chi connectivity index (χ3v) is 3.97. The van der Waals surface area contributed by atoms with E-state index in [1.54, 1.807) is 0 Å². The lowest BCUT2D eigenvalue weighted by molar-refractivity contribution is -0.0849. The van der Waals surface area contributed by atoms with Gasteiger partial charge in [-0.3, -0.25) is 0 Å². The van der Waals surface area contributed by atoms with Gasteiger partial charge in [-0.1, -0.05) is 19.3 Å². The first kappa shape index (κ1) is 10.4. The predicted octanol–water partition coefficient (Wildman–Crippen LogP) is 2.35. The van der Waals surface area contributed by atoms with Crippen molar-refractivity contribution in [1.82, 2.24) is 0 Å². The largest absolute Gasteiger partial charge is 0.390 e. The van der Waals surface area contributed by atoms with Crippen molar-refractivity contribution in [3.05, 3.63) is 0 Å². The number of rotatable bonds is 3. The molecule has 0 radical (unpaired) electrons. The predicted molar refractivity (Wildman–Crippen MR) is 56.1 cm³/mol. The van der Waals surface area contributed by atoms with Crippen LogP contribution in [0.2, 0.25) is 0 Å². The van der Waals surface area contributed by atoms with Crippen molar-refractivity contribution in [2.45, 2.75) is 51.0 Å². The minimum Gasteiger partial charge on any atom is -0.390 e. The molecule has 0 aromatic heterocycles. The molecule has 2 aliphatic rings. The molecule has 82 valence electrons. The van der Waals surface area contributed by atoms with E-state index in [1.165, 1.54) is 19.3 Å². The Morgan fingerprint density at radius 3 is 2.57 bits per heavy atom. The highest BCUT2D eigenvalue weighted by atomic mass is 16.5. The van der Waals surface area contributed by atoms with E-state index < -0.39 is 5.60 Å². The zero-order valence-corrected chi connectivity index (χ0v) is 9.17. The maximum Gasteiger partial charge on any atom is 0.0672 e. The molecule has 1 N–H and O–H groups in total. The van der Waals surface area contributed by atoms with Gasteiger partial charge in [0.1, 0.15) is 0 Å². The summed E-state index contributed by atoms with van der Waals surface area (Å²) in [5.74, 6) is 1.16. The van der Waals surface area contributed by atoms with E-state index in [0.717, 1.165) is 38.4 Å². The number of hydrogen-bond acceptors (Lipinski definition) is 2. The second kappa shape index (κ2) is 4.19. The molecule has 0 aromatic carbocycles. The Labute approximate surface area is 86.6 Å². The Hall–Kier alpha value is -0.0800. The summed E-state index contributed by atoms with van der Waals surface area (Å²) in [6, 6.07) is 0. The van der Waals surface area contributed by atoms with E-state index in [2.05, 4.69) is 0 Å². The number of ether oxygens (including phenoxy) is 1. The van der Waals surface area contributed by atoms with Gasteiger partial charge in [0.15, 0.2) is 0 Å².